The summed E-state index contributed by atoms with van der Waals surface area (Å²) in [7, 11) is 0. The van der Waals surface area contributed by atoms with Gasteiger partial charge >= 0.3 is 6.03 Å². The van der Waals surface area contributed by atoms with Crippen molar-refractivity contribution in [1.82, 2.24) is 9.88 Å². The maximum atomic E-state index is 12.4. The number of urea groups is 1. The molecule has 0 atom stereocenters. The average molecular weight is 322 g/mol. The Morgan fingerprint density at radius 2 is 2.09 bits per heavy atom. The molecular weight excluding hydrogens is 306 g/mol. The van der Waals surface area contributed by atoms with Crippen LogP contribution in [-0.4, -0.2) is 40.2 Å². The predicted octanol–water partition coefficient (Wildman–Crippen LogP) is 2.17. The van der Waals surface area contributed by atoms with Gasteiger partial charge in [0.2, 0.25) is 5.43 Å². The highest BCUT2D eigenvalue weighted by molar-refractivity contribution is 6.35. The van der Waals surface area contributed by atoms with E-state index in [1.54, 1.807) is 23.1 Å². The van der Waals surface area contributed by atoms with E-state index in [1.807, 2.05) is 0 Å². The number of aromatic amines is 1. The number of nitrogens with zero attached hydrogens (tertiary/aromatic N) is 1. The first kappa shape index (κ1) is 14.9. The van der Waals surface area contributed by atoms with Crippen LogP contribution in [0.4, 0.5) is 10.5 Å². The zero-order valence-electron chi connectivity index (χ0n) is 11.8. The second-order valence-electron chi connectivity index (χ2n) is 5.34. The molecule has 3 N–H and O–H groups in total. The molecule has 1 fully saturated rings. The third kappa shape index (κ3) is 2.80. The highest BCUT2D eigenvalue weighted by Crippen LogP contribution is 2.20. The summed E-state index contributed by atoms with van der Waals surface area (Å²) in [5, 5.41) is 13.0. The molecule has 0 bridgehead atoms. The number of aliphatic hydroxyl groups is 1. The molecule has 116 valence electrons. The zero-order valence-corrected chi connectivity index (χ0v) is 12.6. The number of likely N-dealkylation sites (tertiary alicyclic amines) is 1. The van der Waals surface area contributed by atoms with Gasteiger partial charge in [0.15, 0.2) is 0 Å². The SMILES string of the molecule is O=C(Nc1c[nH]c2c(Cl)cccc2c1=O)N1CCC(O)CC1. The van der Waals surface area contributed by atoms with Crippen LogP contribution >= 0.6 is 11.6 Å². The predicted molar refractivity (Wildman–Crippen MR) is 85.4 cm³/mol. The van der Waals surface area contributed by atoms with Crippen LogP contribution in [0.25, 0.3) is 10.9 Å². The van der Waals surface area contributed by atoms with Crippen LogP contribution in [0.15, 0.2) is 29.2 Å². The Labute approximate surface area is 131 Å². The number of piperidine rings is 1. The molecular formula is C15H16ClN3O3. The number of halogens is 1. The molecule has 1 aromatic carbocycles. The molecule has 0 unspecified atom stereocenters. The lowest BCUT2D eigenvalue weighted by molar-refractivity contribution is 0.0972. The van der Waals surface area contributed by atoms with Crippen molar-refractivity contribution in [2.45, 2.75) is 18.9 Å². The summed E-state index contributed by atoms with van der Waals surface area (Å²) < 4.78 is 0. The summed E-state index contributed by atoms with van der Waals surface area (Å²) in [6.45, 7) is 0.953. The van der Waals surface area contributed by atoms with Crippen molar-refractivity contribution in [1.29, 1.82) is 0 Å². The van der Waals surface area contributed by atoms with Crippen LogP contribution in [-0.2, 0) is 0 Å². The Bertz CT molecular complexity index is 766. The molecule has 0 spiro atoms. The number of pyridine rings is 1. The second-order valence-corrected chi connectivity index (χ2v) is 5.75. The summed E-state index contributed by atoms with van der Waals surface area (Å²) in [6, 6.07) is 4.71. The number of hydrogen-bond acceptors (Lipinski definition) is 3. The van der Waals surface area contributed by atoms with Crippen LogP contribution in [0, 0.1) is 0 Å². The lowest BCUT2D eigenvalue weighted by Gasteiger charge is -2.29. The molecule has 6 nitrogen and oxygen atoms in total. The quantitative estimate of drug-likeness (QED) is 0.752. The number of benzene rings is 1. The van der Waals surface area contributed by atoms with Gasteiger partial charge < -0.3 is 20.3 Å². The smallest absolute Gasteiger partial charge is 0.321 e. The number of aliphatic hydroxyl groups excluding tert-OH is 1. The first-order chi connectivity index (χ1) is 10.6. The van der Waals surface area contributed by atoms with Gasteiger partial charge in [-0.2, -0.15) is 0 Å². The molecule has 22 heavy (non-hydrogen) atoms. The Kier molecular flexibility index (Phi) is 4.04. The Morgan fingerprint density at radius 1 is 1.36 bits per heavy atom. The van der Waals surface area contributed by atoms with Gasteiger partial charge in [0.1, 0.15) is 5.69 Å². The van der Waals surface area contributed by atoms with Crippen molar-refractivity contribution in [3.63, 3.8) is 0 Å². The number of nitrogens with one attached hydrogen (secondary N) is 2. The van der Waals surface area contributed by atoms with Gasteiger partial charge in [0, 0.05) is 24.7 Å². The fourth-order valence-electron chi connectivity index (χ4n) is 2.57. The van der Waals surface area contributed by atoms with Crippen molar-refractivity contribution in [3.8, 4) is 0 Å². The average Bonchev–Trinajstić information content (AvgIpc) is 2.51. The minimum absolute atomic E-state index is 0.186. The van der Waals surface area contributed by atoms with Gasteiger partial charge in [-0.05, 0) is 25.0 Å². The summed E-state index contributed by atoms with van der Waals surface area (Å²) in [4.78, 5) is 29.1. The summed E-state index contributed by atoms with van der Waals surface area (Å²) in [5.74, 6) is 0. The fraction of sp³-hybridized carbons (Fsp3) is 0.333. The van der Waals surface area contributed by atoms with E-state index in [9.17, 15) is 14.7 Å². The van der Waals surface area contributed by atoms with E-state index >= 15 is 0 Å². The molecule has 7 heteroatoms. The number of anilines is 1. The van der Waals surface area contributed by atoms with E-state index in [-0.39, 0.29) is 23.3 Å². The van der Waals surface area contributed by atoms with Crippen molar-refractivity contribution >= 4 is 34.2 Å². The second kappa shape index (κ2) is 5.98. The van der Waals surface area contributed by atoms with Crippen molar-refractivity contribution in [2.75, 3.05) is 18.4 Å². The van der Waals surface area contributed by atoms with Gasteiger partial charge in [-0.25, -0.2) is 4.79 Å². The van der Waals surface area contributed by atoms with Crippen LogP contribution in [0.5, 0.6) is 0 Å². The molecule has 1 aliphatic heterocycles. The minimum Gasteiger partial charge on any atom is -0.393 e. The topological polar surface area (TPSA) is 85.4 Å². The molecule has 0 saturated carbocycles. The zero-order chi connectivity index (χ0) is 15.7. The van der Waals surface area contributed by atoms with E-state index in [4.69, 9.17) is 11.6 Å². The van der Waals surface area contributed by atoms with Gasteiger partial charge in [-0.1, -0.05) is 17.7 Å². The van der Waals surface area contributed by atoms with Crippen molar-refractivity contribution in [3.05, 3.63) is 39.6 Å². The molecule has 3 rings (SSSR count). The van der Waals surface area contributed by atoms with Crippen LogP contribution in [0.3, 0.4) is 0 Å². The largest absolute Gasteiger partial charge is 0.393 e. The summed E-state index contributed by atoms with van der Waals surface area (Å²) in [6.07, 6.45) is 2.21. The maximum absolute atomic E-state index is 12.4. The summed E-state index contributed by atoms with van der Waals surface area (Å²) >= 11 is 6.03. The molecule has 2 amide bonds. The first-order valence-corrected chi connectivity index (χ1v) is 7.48. The Morgan fingerprint density at radius 3 is 2.82 bits per heavy atom. The lowest BCUT2D eigenvalue weighted by Crippen LogP contribution is -2.42. The molecule has 1 aromatic heterocycles. The number of para-hydroxylation sites is 1. The standard InChI is InChI=1S/C15H16ClN3O3/c16-11-3-1-2-10-13(11)17-8-12(14(10)21)18-15(22)19-6-4-9(20)5-7-19/h1-3,8-9,20H,4-7H2,(H,17,21)(H,18,22). The van der Waals surface area contributed by atoms with Gasteiger partial charge in [-0.3, -0.25) is 4.79 Å². The number of carbonyl (C=O) groups is 1. The number of aromatic nitrogens is 1. The van der Waals surface area contributed by atoms with Gasteiger partial charge in [0.25, 0.3) is 0 Å². The summed E-state index contributed by atoms with van der Waals surface area (Å²) in [5.41, 5.74) is 0.459. The highest BCUT2D eigenvalue weighted by Gasteiger charge is 2.22. The van der Waals surface area contributed by atoms with Crippen LogP contribution < -0.4 is 10.7 Å². The van der Waals surface area contributed by atoms with Crippen LogP contribution in [0.1, 0.15) is 12.8 Å². The number of fused-ring (bicyclic) bond motifs is 1. The lowest BCUT2D eigenvalue weighted by atomic mass is 10.1. The third-order valence-electron chi connectivity index (χ3n) is 3.86. The molecule has 1 aliphatic rings. The molecule has 2 aromatic rings. The third-order valence-corrected chi connectivity index (χ3v) is 4.17. The van der Waals surface area contributed by atoms with E-state index in [0.717, 1.165) is 0 Å². The molecule has 0 radical (unpaired) electrons. The Hall–Kier alpha value is -2.05. The maximum Gasteiger partial charge on any atom is 0.321 e. The highest BCUT2D eigenvalue weighted by atomic mass is 35.5. The number of hydrogen-bond donors (Lipinski definition) is 3. The number of rotatable bonds is 1. The number of carbonyl (C=O) groups excluding carboxylic acids is 1. The number of H-pyrrole nitrogens is 1. The van der Waals surface area contributed by atoms with Crippen molar-refractivity contribution < 1.29 is 9.90 Å². The van der Waals surface area contributed by atoms with E-state index in [0.29, 0.717) is 41.9 Å². The molecule has 2 heterocycles. The van der Waals surface area contributed by atoms with Gasteiger partial charge in [0.05, 0.1) is 16.6 Å². The van der Waals surface area contributed by atoms with Crippen LogP contribution in [0.2, 0.25) is 5.02 Å². The Balaban J connectivity index is 1.84. The molecule has 1 saturated heterocycles. The fourth-order valence-corrected chi connectivity index (χ4v) is 2.80. The first-order valence-electron chi connectivity index (χ1n) is 7.10. The van der Waals surface area contributed by atoms with E-state index in [1.165, 1.54) is 6.20 Å². The van der Waals surface area contributed by atoms with E-state index in [2.05, 4.69) is 10.3 Å². The van der Waals surface area contributed by atoms with Gasteiger partial charge in [-0.15, -0.1) is 0 Å². The molecule has 0 aliphatic carbocycles. The monoisotopic (exact) mass is 321 g/mol. The van der Waals surface area contributed by atoms with E-state index < -0.39 is 0 Å². The van der Waals surface area contributed by atoms with Crippen molar-refractivity contribution in [2.24, 2.45) is 0 Å². The number of amides is 2. The normalized spacial score (nSPS) is 16.0. The minimum atomic E-state index is -0.352.